The molecule has 1 N–H and O–H groups in total. The summed E-state index contributed by atoms with van der Waals surface area (Å²) < 4.78 is 12.7. The Morgan fingerprint density at radius 1 is 0.875 bits per heavy atom. The van der Waals surface area contributed by atoms with Crippen molar-refractivity contribution in [1.29, 1.82) is 0 Å². The Morgan fingerprint density at radius 2 is 1.62 bits per heavy atom. The van der Waals surface area contributed by atoms with Crippen molar-refractivity contribution in [2.75, 3.05) is 23.3 Å². The number of para-hydroxylation sites is 1. The Morgan fingerprint density at radius 3 is 2.45 bits per heavy atom. The zero-order valence-electron chi connectivity index (χ0n) is 23.1. The number of fused-ring (bicyclic) bond motifs is 6. The van der Waals surface area contributed by atoms with E-state index in [1.54, 1.807) is 0 Å². The average Bonchev–Trinajstić information content (AvgIpc) is 3.61. The summed E-state index contributed by atoms with van der Waals surface area (Å²) in [5, 5.41) is 3.71. The van der Waals surface area contributed by atoms with Gasteiger partial charge in [-0.2, -0.15) is 0 Å². The van der Waals surface area contributed by atoms with Gasteiger partial charge in [0.1, 0.15) is 11.5 Å². The molecule has 0 amide bonds. The van der Waals surface area contributed by atoms with Gasteiger partial charge in [-0.15, -0.1) is 0 Å². The summed E-state index contributed by atoms with van der Waals surface area (Å²) in [6.45, 7) is 6.66. The minimum Gasteiger partial charge on any atom is -0.456 e. The number of ether oxygens (including phenoxy) is 2. The first kappa shape index (κ1) is 24.8. The first-order valence-corrected chi connectivity index (χ1v) is 14.5. The van der Waals surface area contributed by atoms with Crippen LogP contribution in [0.25, 0.3) is 0 Å². The minimum atomic E-state index is -1.06. The molecule has 0 aromatic heterocycles. The minimum absolute atomic E-state index is 0.314. The van der Waals surface area contributed by atoms with Crippen molar-refractivity contribution >= 4 is 23.0 Å². The van der Waals surface area contributed by atoms with Crippen LogP contribution in [0.15, 0.2) is 78.9 Å². The number of esters is 1. The lowest BCUT2D eigenvalue weighted by molar-refractivity contribution is 0.0224. The van der Waals surface area contributed by atoms with E-state index >= 15 is 0 Å². The Kier molecular flexibility index (Phi) is 6.03. The number of hydrogen-bond acceptors (Lipinski definition) is 5. The van der Waals surface area contributed by atoms with Gasteiger partial charge in [0.25, 0.3) is 0 Å². The molecule has 0 saturated carbocycles. The molecule has 5 heteroatoms. The maximum atomic E-state index is 13.2. The van der Waals surface area contributed by atoms with Crippen LogP contribution in [0.3, 0.4) is 0 Å². The standard InChI is InChI=1S/C35H34N2O3/c1-3-4-11-24-20-23(2)30(22-31(24)37-18-9-10-19-37)36-25-16-17-33-29(21-25)35(28-14-7-8-15-32(28)39-33)27-13-6-5-12-26(27)34(38)40-35/h5-8,12-17,20-22,36H,3-4,9-11,18-19H2,1-2H3. The van der Waals surface area contributed by atoms with Gasteiger partial charge in [0.2, 0.25) is 0 Å². The molecule has 0 bridgehead atoms. The molecule has 0 aliphatic carbocycles. The fourth-order valence-electron chi connectivity index (χ4n) is 6.57. The number of aryl methyl sites for hydroxylation is 2. The lowest BCUT2D eigenvalue weighted by atomic mass is 9.77. The molecule has 4 aromatic carbocycles. The van der Waals surface area contributed by atoms with Crippen molar-refractivity contribution < 1.29 is 14.3 Å². The van der Waals surface area contributed by atoms with Crippen molar-refractivity contribution in [3.63, 3.8) is 0 Å². The molecule has 3 aliphatic heterocycles. The summed E-state index contributed by atoms with van der Waals surface area (Å²) in [4.78, 5) is 15.7. The summed E-state index contributed by atoms with van der Waals surface area (Å²) in [6.07, 6.45) is 5.99. The van der Waals surface area contributed by atoms with Crippen LogP contribution in [0, 0.1) is 6.92 Å². The topological polar surface area (TPSA) is 50.8 Å². The molecule has 7 rings (SSSR count). The number of nitrogens with zero attached hydrogens (tertiary/aromatic N) is 1. The van der Waals surface area contributed by atoms with Crippen LogP contribution >= 0.6 is 0 Å². The number of rotatable bonds is 6. The van der Waals surface area contributed by atoms with E-state index in [0.29, 0.717) is 17.1 Å². The third-order valence-electron chi connectivity index (χ3n) is 8.57. The van der Waals surface area contributed by atoms with E-state index < -0.39 is 5.60 Å². The molecule has 1 spiro atoms. The van der Waals surface area contributed by atoms with E-state index in [1.807, 2.05) is 60.7 Å². The van der Waals surface area contributed by atoms with Crippen molar-refractivity contribution in [2.24, 2.45) is 0 Å². The zero-order valence-corrected chi connectivity index (χ0v) is 23.1. The summed E-state index contributed by atoms with van der Waals surface area (Å²) in [5.74, 6) is 1.08. The molecule has 0 radical (unpaired) electrons. The van der Waals surface area contributed by atoms with E-state index in [4.69, 9.17) is 9.47 Å². The van der Waals surface area contributed by atoms with Gasteiger partial charge in [-0.3, -0.25) is 0 Å². The smallest absolute Gasteiger partial charge is 0.340 e. The third kappa shape index (κ3) is 3.87. The summed E-state index contributed by atoms with van der Waals surface area (Å²) in [6, 6.07) is 26.3. The Bertz CT molecular complexity index is 1620. The SMILES string of the molecule is CCCCc1cc(C)c(Nc2ccc3c(c2)C2(OC(=O)c4ccccc42)c2ccccc2O3)cc1N1CCCC1. The molecule has 3 heterocycles. The highest BCUT2D eigenvalue weighted by Crippen LogP contribution is 2.56. The van der Waals surface area contributed by atoms with Gasteiger partial charge in [-0.05, 0) is 80.1 Å². The molecular weight excluding hydrogens is 496 g/mol. The number of anilines is 3. The maximum Gasteiger partial charge on any atom is 0.340 e. The van der Waals surface area contributed by atoms with E-state index in [0.717, 1.165) is 47.6 Å². The Balaban J connectivity index is 1.33. The lowest BCUT2D eigenvalue weighted by Gasteiger charge is -2.36. The second-order valence-electron chi connectivity index (χ2n) is 11.1. The fraction of sp³-hybridized carbons (Fsp3) is 0.286. The zero-order chi connectivity index (χ0) is 27.3. The predicted molar refractivity (Wildman–Crippen MR) is 159 cm³/mol. The van der Waals surface area contributed by atoms with E-state index in [9.17, 15) is 4.79 Å². The average molecular weight is 531 g/mol. The van der Waals surface area contributed by atoms with E-state index in [2.05, 4.69) is 42.3 Å². The summed E-state index contributed by atoms with van der Waals surface area (Å²) in [7, 11) is 0. The molecule has 202 valence electrons. The second kappa shape index (κ2) is 9.74. The molecule has 4 aromatic rings. The van der Waals surface area contributed by atoms with Crippen molar-refractivity contribution in [3.05, 3.63) is 112 Å². The van der Waals surface area contributed by atoms with Crippen LogP contribution in [0.1, 0.15) is 70.8 Å². The molecule has 1 fully saturated rings. The van der Waals surface area contributed by atoms with Crippen LogP contribution in [-0.2, 0) is 16.8 Å². The molecule has 1 atom stereocenters. The van der Waals surface area contributed by atoms with Crippen molar-refractivity contribution in [2.45, 2.75) is 51.6 Å². The first-order chi connectivity index (χ1) is 19.6. The predicted octanol–water partition coefficient (Wildman–Crippen LogP) is 8.25. The van der Waals surface area contributed by atoms with Gasteiger partial charge in [-0.1, -0.05) is 55.8 Å². The monoisotopic (exact) mass is 530 g/mol. The maximum absolute atomic E-state index is 13.2. The van der Waals surface area contributed by atoms with Crippen LogP contribution in [0.4, 0.5) is 17.1 Å². The van der Waals surface area contributed by atoms with Gasteiger partial charge in [0.05, 0.1) is 5.56 Å². The van der Waals surface area contributed by atoms with Gasteiger partial charge in [-0.25, -0.2) is 4.79 Å². The van der Waals surface area contributed by atoms with Crippen molar-refractivity contribution in [1.82, 2.24) is 0 Å². The Hall–Kier alpha value is -4.25. The molecule has 3 aliphatic rings. The number of hydrogen-bond donors (Lipinski definition) is 1. The number of nitrogens with one attached hydrogen (secondary N) is 1. The summed E-state index contributed by atoms with van der Waals surface area (Å²) in [5.41, 5.74) is 8.09. The molecule has 1 unspecified atom stereocenters. The first-order valence-electron chi connectivity index (χ1n) is 14.5. The van der Waals surface area contributed by atoms with Gasteiger partial charge >= 0.3 is 5.97 Å². The highest BCUT2D eigenvalue weighted by atomic mass is 16.6. The van der Waals surface area contributed by atoms with Gasteiger partial charge < -0.3 is 19.7 Å². The number of carbonyl (C=O) groups is 1. The largest absolute Gasteiger partial charge is 0.456 e. The van der Waals surface area contributed by atoms with Crippen molar-refractivity contribution in [3.8, 4) is 11.5 Å². The third-order valence-corrected chi connectivity index (χ3v) is 8.57. The molecule has 1 saturated heterocycles. The fourth-order valence-corrected chi connectivity index (χ4v) is 6.57. The van der Waals surface area contributed by atoms with E-state index in [1.165, 1.54) is 42.5 Å². The Labute approximate surface area is 235 Å². The van der Waals surface area contributed by atoms with Crippen LogP contribution in [0.2, 0.25) is 0 Å². The molecule has 40 heavy (non-hydrogen) atoms. The number of benzene rings is 4. The van der Waals surface area contributed by atoms with E-state index in [-0.39, 0.29) is 5.97 Å². The van der Waals surface area contributed by atoms with Crippen LogP contribution in [-0.4, -0.2) is 19.1 Å². The van der Waals surface area contributed by atoms with Crippen LogP contribution < -0.4 is 15.0 Å². The second-order valence-corrected chi connectivity index (χ2v) is 11.1. The molecular formula is C35H34N2O3. The highest BCUT2D eigenvalue weighted by molar-refractivity contribution is 5.97. The lowest BCUT2D eigenvalue weighted by Crippen LogP contribution is -2.33. The number of carbonyl (C=O) groups excluding carboxylic acids is 1. The quantitative estimate of drug-likeness (QED) is 0.254. The summed E-state index contributed by atoms with van der Waals surface area (Å²) >= 11 is 0. The normalized spacial score (nSPS) is 18.6. The van der Waals surface area contributed by atoms with Gasteiger partial charge in [0, 0.05) is 46.8 Å². The highest BCUT2D eigenvalue weighted by Gasteiger charge is 2.53. The number of unbranched alkanes of at least 4 members (excludes halogenated alkanes) is 1. The van der Waals surface area contributed by atoms with Crippen LogP contribution in [0.5, 0.6) is 11.5 Å². The molecule has 5 nitrogen and oxygen atoms in total. The van der Waals surface area contributed by atoms with Gasteiger partial charge in [0.15, 0.2) is 5.60 Å².